The van der Waals surface area contributed by atoms with Crippen LogP contribution in [0.1, 0.15) is 5.56 Å². The monoisotopic (exact) mass is 344 g/mol. The van der Waals surface area contributed by atoms with Crippen LogP contribution in [0, 0.1) is 0 Å². The lowest BCUT2D eigenvalue weighted by molar-refractivity contribution is 1.11. The van der Waals surface area contributed by atoms with Gasteiger partial charge in [0.15, 0.2) is 5.65 Å². The van der Waals surface area contributed by atoms with E-state index in [0.717, 1.165) is 28.0 Å². The number of benzene rings is 1. The van der Waals surface area contributed by atoms with E-state index in [9.17, 15) is 0 Å². The molecule has 1 aromatic carbocycles. The molecular formula is C19H14BClN4. The van der Waals surface area contributed by atoms with Gasteiger partial charge >= 0.3 is 0 Å². The fourth-order valence-electron chi connectivity index (χ4n) is 2.78. The van der Waals surface area contributed by atoms with E-state index in [1.807, 2.05) is 53.1 Å². The summed E-state index contributed by atoms with van der Waals surface area (Å²) >= 11 is 6.37. The maximum atomic E-state index is 6.37. The molecule has 3 aromatic heterocycles. The Hall–Kier alpha value is -2.79. The van der Waals surface area contributed by atoms with Gasteiger partial charge in [-0.3, -0.25) is 4.98 Å². The van der Waals surface area contributed by atoms with Gasteiger partial charge in [-0.2, -0.15) is 0 Å². The fraction of sp³-hybridized carbons (Fsp3) is 0.0526. The molecule has 0 amide bonds. The summed E-state index contributed by atoms with van der Waals surface area (Å²) in [5, 5.41) is 4.13. The highest BCUT2D eigenvalue weighted by molar-refractivity contribution is 6.33. The van der Waals surface area contributed by atoms with E-state index in [2.05, 4.69) is 15.3 Å². The minimum atomic E-state index is 0.580. The molecule has 4 aromatic rings. The second-order valence-corrected chi connectivity index (χ2v) is 6.12. The van der Waals surface area contributed by atoms with Crippen molar-refractivity contribution in [2.75, 3.05) is 5.32 Å². The first kappa shape index (κ1) is 15.7. The maximum Gasteiger partial charge on any atom is 0.159 e. The number of hydrogen-bond acceptors (Lipinski definition) is 3. The molecule has 0 saturated heterocycles. The van der Waals surface area contributed by atoms with Crippen molar-refractivity contribution >= 4 is 36.4 Å². The van der Waals surface area contributed by atoms with E-state index in [0.29, 0.717) is 17.2 Å². The molecule has 2 radical (unpaired) electrons. The number of anilines is 1. The molecule has 0 aliphatic rings. The summed E-state index contributed by atoms with van der Waals surface area (Å²) in [6.45, 7) is 0.664. The highest BCUT2D eigenvalue weighted by atomic mass is 35.5. The zero-order valence-corrected chi connectivity index (χ0v) is 14.1. The number of halogens is 1. The average molecular weight is 345 g/mol. The summed E-state index contributed by atoms with van der Waals surface area (Å²) in [5.74, 6) is 0. The van der Waals surface area contributed by atoms with Gasteiger partial charge in [-0.1, -0.05) is 29.8 Å². The van der Waals surface area contributed by atoms with Gasteiger partial charge in [0.25, 0.3) is 0 Å². The summed E-state index contributed by atoms with van der Waals surface area (Å²) < 4.78 is 1.87. The first-order valence-corrected chi connectivity index (χ1v) is 8.24. The predicted molar refractivity (Wildman–Crippen MR) is 103 cm³/mol. The Morgan fingerprint density at radius 3 is 2.72 bits per heavy atom. The lowest BCUT2D eigenvalue weighted by Crippen LogP contribution is -2.10. The third-order valence-corrected chi connectivity index (χ3v) is 4.38. The van der Waals surface area contributed by atoms with Crippen LogP contribution < -0.4 is 10.9 Å². The van der Waals surface area contributed by atoms with Crippen LogP contribution in [0.2, 0.25) is 5.02 Å². The number of aromatic nitrogens is 3. The molecule has 0 spiro atoms. The van der Waals surface area contributed by atoms with Gasteiger partial charge in [0.2, 0.25) is 0 Å². The minimum Gasteiger partial charge on any atom is -0.378 e. The van der Waals surface area contributed by atoms with Crippen LogP contribution in [0.5, 0.6) is 0 Å². The highest BCUT2D eigenvalue weighted by Gasteiger charge is 2.11. The van der Waals surface area contributed by atoms with Crippen molar-refractivity contribution in [1.29, 1.82) is 0 Å². The maximum absolute atomic E-state index is 6.37. The van der Waals surface area contributed by atoms with E-state index in [1.165, 1.54) is 0 Å². The van der Waals surface area contributed by atoms with E-state index in [-0.39, 0.29) is 0 Å². The van der Waals surface area contributed by atoms with Crippen molar-refractivity contribution in [3.05, 3.63) is 77.8 Å². The van der Waals surface area contributed by atoms with Gasteiger partial charge in [-0.05, 0) is 35.4 Å². The van der Waals surface area contributed by atoms with Crippen molar-refractivity contribution in [2.24, 2.45) is 0 Å². The van der Waals surface area contributed by atoms with Crippen molar-refractivity contribution in [1.82, 2.24) is 14.4 Å². The molecule has 0 fully saturated rings. The summed E-state index contributed by atoms with van der Waals surface area (Å²) in [5.41, 5.74) is 5.31. The van der Waals surface area contributed by atoms with Gasteiger partial charge in [0.05, 0.1) is 5.69 Å². The fourth-order valence-corrected chi connectivity index (χ4v) is 3.02. The minimum absolute atomic E-state index is 0.580. The zero-order chi connectivity index (χ0) is 17.2. The van der Waals surface area contributed by atoms with Gasteiger partial charge in [0, 0.05) is 47.5 Å². The van der Waals surface area contributed by atoms with Crippen LogP contribution in [0.25, 0.3) is 16.8 Å². The standard InChI is InChI=1S/C19H14BClN4/c20-18-11-24-19-17(23-10-13-5-7-22-8-6-13)9-14(12-25(18)19)15-3-1-2-4-16(15)21/h1-9,11-12,23H,10H2. The number of rotatable bonds is 4. The van der Waals surface area contributed by atoms with Gasteiger partial charge < -0.3 is 9.72 Å². The van der Waals surface area contributed by atoms with Crippen LogP contribution in [-0.2, 0) is 6.54 Å². The molecule has 0 atom stereocenters. The lowest BCUT2D eigenvalue weighted by atomic mass is 10.0. The molecule has 25 heavy (non-hydrogen) atoms. The van der Waals surface area contributed by atoms with Crippen LogP contribution in [0.15, 0.2) is 67.3 Å². The predicted octanol–water partition coefficient (Wildman–Crippen LogP) is 3.46. The molecule has 120 valence electrons. The average Bonchev–Trinajstić information content (AvgIpc) is 3.02. The van der Waals surface area contributed by atoms with E-state index < -0.39 is 0 Å². The van der Waals surface area contributed by atoms with Crippen LogP contribution in [-0.4, -0.2) is 22.2 Å². The highest BCUT2D eigenvalue weighted by Crippen LogP contribution is 2.30. The number of imidazole rings is 1. The first-order valence-electron chi connectivity index (χ1n) is 7.86. The Labute approximate surface area is 151 Å². The quantitative estimate of drug-likeness (QED) is 0.577. The Balaban J connectivity index is 1.78. The molecule has 0 aliphatic heterocycles. The summed E-state index contributed by atoms with van der Waals surface area (Å²) in [7, 11) is 6.07. The number of pyridine rings is 2. The van der Waals surface area contributed by atoms with E-state index in [4.69, 9.17) is 19.4 Å². The van der Waals surface area contributed by atoms with Crippen molar-refractivity contribution in [3.63, 3.8) is 0 Å². The molecular weight excluding hydrogens is 331 g/mol. The SMILES string of the molecule is [B]c1cnc2c(NCc3ccncc3)cc(-c3ccccc3Cl)cn12. The van der Waals surface area contributed by atoms with Crippen LogP contribution in [0.3, 0.4) is 0 Å². The molecule has 0 unspecified atom stereocenters. The van der Waals surface area contributed by atoms with Crippen molar-refractivity contribution < 1.29 is 0 Å². The van der Waals surface area contributed by atoms with E-state index >= 15 is 0 Å². The summed E-state index contributed by atoms with van der Waals surface area (Å²) in [4.78, 5) is 8.46. The molecule has 3 heterocycles. The molecule has 0 aliphatic carbocycles. The Bertz CT molecular complexity index is 1030. The molecule has 0 saturated carbocycles. The topological polar surface area (TPSA) is 42.2 Å². The molecule has 6 heteroatoms. The summed E-state index contributed by atoms with van der Waals surface area (Å²) in [6.07, 6.45) is 7.17. The Kier molecular flexibility index (Phi) is 4.16. The third kappa shape index (κ3) is 3.11. The van der Waals surface area contributed by atoms with Gasteiger partial charge in [-0.25, -0.2) is 4.98 Å². The van der Waals surface area contributed by atoms with E-state index in [1.54, 1.807) is 18.6 Å². The molecule has 4 nitrogen and oxygen atoms in total. The summed E-state index contributed by atoms with van der Waals surface area (Å²) in [6, 6.07) is 13.7. The Morgan fingerprint density at radius 1 is 1.12 bits per heavy atom. The number of nitrogens with zero attached hydrogens (tertiary/aromatic N) is 3. The zero-order valence-electron chi connectivity index (χ0n) is 13.4. The lowest BCUT2D eigenvalue weighted by Gasteiger charge is -2.12. The van der Waals surface area contributed by atoms with Crippen LogP contribution in [0.4, 0.5) is 5.69 Å². The second-order valence-electron chi connectivity index (χ2n) is 5.71. The Morgan fingerprint density at radius 2 is 1.92 bits per heavy atom. The van der Waals surface area contributed by atoms with Crippen molar-refractivity contribution in [2.45, 2.75) is 6.54 Å². The van der Waals surface area contributed by atoms with Crippen LogP contribution >= 0.6 is 11.6 Å². The molecule has 0 bridgehead atoms. The normalized spacial score (nSPS) is 10.9. The number of fused-ring (bicyclic) bond motifs is 1. The number of nitrogens with one attached hydrogen (secondary N) is 1. The second kappa shape index (κ2) is 6.61. The van der Waals surface area contributed by atoms with Gasteiger partial charge in [-0.15, -0.1) is 0 Å². The molecule has 4 rings (SSSR count). The smallest absolute Gasteiger partial charge is 0.159 e. The largest absolute Gasteiger partial charge is 0.378 e. The van der Waals surface area contributed by atoms with Crippen molar-refractivity contribution in [3.8, 4) is 11.1 Å². The third-order valence-electron chi connectivity index (χ3n) is 4.05. The molecule has 1 N–H and O–H groups in total. The number of hydrogen-bond donors (Lipinski definition) is 1. The van der Waals surface area contributed by atoms with Gasteiger partial charge in [0.1, 0.15) is 7.85 Å². The first-order chi connectivity index (χ1) is 12.2.